The average molecular weight is 270 g/mol. The minimum atomic E-state index is -0.451. The summed E-state index contributed by atoms with van der Waals surface area (Å²) >= 11 is 0. The molecule has 0 aromatic heterocycles. The first-order valence-electron chi connectivity index (χ1n) is 6.61. The molecule has 0 amide bonds. The van der Waals surface area contributed by atoms with Gasteiger partial charge in [0, 0.05) is 31.8 Å². The highest BCUT2D eigenvalue weighted by Crippen LogP contribution is 2.31. The smallest absolute Gasteiger partial charge is 0.167 e. The molecule has 0 aliphatic heterocycles. The fraction of sp³-hybridized carbons (Fsp3) is 0.571. The van der Waals surface area contributed by atoms with Crippen molar-refractivity contribution in [1.29, 1.82) is 0 Å². The minimum absolute atomic E-state index is 0.0986. The third-order valence-electron chi connectivity index (χ3n) is 2.75. The largest absolute Gasteiger partial charge is 0.488 e. The number of nitrogens with zero attached hydrogens (tertiary/aromatic N) is 1. The van der Waals surface area contributed by atoms with Crippen LogP contribution in [0.1, 0.15) is 27.2 Å². The first kappa shape index (κ1) is 15.6. The molecular formula is C14H23FN2O2. The van der Waals surface area contributed by atoms with Gasteiger partial charge in [-0.15, -0.1) is 0 Å². The zero-order valence-electron chi connectivity index (χ0n) is 11.8. The van der Waals surface area contributed by atoms with Crippen molar-refractivity contribution in [3.05, 3.63) is 17.9 Å². The van der Waals surface area contributed by atoms with Gasteiger partial charge in [0.15, 0.2) is 11.6 Å². The van der Waals surface area contributed by atoms with Crippen LogP contribution in [0.3, 0.4) is 0 Å². The zero-order valence-corrected chi connectivity index (χ0v) is 11.8. The number of hydrogen-bond donors (Lipinski definition) is 2. The predicted octanol–water partition coefficient (Wildman–Crippen LogP) is 2.40. The second kappa shape index (κ2) is 7.19. The monoisotopic (exact) mass is 270 g/mol. The van der Waals surface area contributed by atoms with Crippen LogP contribution in [0.25, 0.3) is 0 Å². The molecule has 0 heterocycles. The van der Waals surface area contributed by atoms with E-state index in [0.717, 1.165) is 12.2 Å². The summed E-state index contributed by atoms with van der Waals surface area (Å²) in [5, 5.41) is 8.90. The van der Waals surface area contributed by atoms with Gasteiger partial charge in [-0.1, -0.05) is 0 Å². The van der Waals surface area contributed by atoms with Gasteiger partial charge in [-0.25, -0.2) is 4.39 Å². The molecule has 0 aliphatic rings. The molecule has 0 atom stereocenters. The molecule has 1 aromatic carbocycles. The lowest BCUT2D eigenvalue weighted by molar-refractivity contribution is 0.231. The Morgan fingerprint density at radius 3 is 2.63 bits per heavy atom. The fourth-order valence-corrected chi connectivity index (χ4v) is 1.89. The number of hydrogen-bond acceptors (Lipinski definition) is 4. The summed E-state index contributed by atoms with van der Waals surface area (Å²) in [5.41, 5.74) is 7.00. The third kappa shape index (κ3) is 4.28. The highest BCUT2D eigenvalue weighted by molar-refractivity contribution is 5.70. The lowest BCUT2D eigenvalue weighted by Crippen LogP contribution is -2.25. The molecule has 0 bridgehead atoms. The van der Waals surface area contributed by atoms with Crippen LogP contribution in [-0.4, -0.2) is 30.9 Å². The summed E-state index contributed by atoms with van der Waals surface area (Å²) in [6.45, 7) is 7.20. The van der Waals surface area contributed by atoms with Gasteiger partial charge in [0.05, 0.1) is 17.5 Å². The molecule has 0 fully saturated rings. The van der Waals surface area contributed by atoms with Crippen molar-refractivity contribution in [2.24, 2.45) is 0 Å². The predicted molar refractivity (Wildman–Crippen MR) is 76.2 cm³/mol. The second-order valence-electron chi connectivity index (χ2n) is 4.66. The maximum Gasteiger partial charge on any atom is 0.167 e. The molecule has 3 N–H and O–H groups in total. The van der Waals surface area contributed by atoms with E-state index in [9.17, 15) is 4.39 Å². The molecule has 5 heteroatoms. The number of rotatable bonds is 7. The number of nitrogens with two attached hydrogens (primary N) is 1. The number of aliphatic hydroxyl groups is 1. The summed E-state index contributed by atoms with van der Waals surface area (Å²) in [6.07, 6.45) is 0.545. The van der Waals surface area contributed by atoms with Crippen molar-refractivity contribution in [3.63, 3.8) is 0 Å². The van der Waals surface area contributed by atoms with Crippen LogP contribution >= 0.6 is 0 Å². The number of halogens is 1. The Hall–Kier alpha value is -1.49. The van der Waals surface area contributed by atoms with Crippen molar-refractivity contribution >= 4 is 11.4 Å². The van der Waals surface area contributed by atoms with Crippen LogP contribution in [-0.2, 0) is 0 Å². The standard InChI is InChI=1S/C14H23FN2O2/c1-4-17(6-5-7-18)13-9-14(19-10(2)3)11(15)8-12(13)16/h8-10,18H,4-7,16H2,1-3H3. The number of nitrogen functional groups attached to an aromatic ring is 1. The van der Waals surface area contributed by atoms with Gasteiger partial charge in [0.2, 0.25) is 0 Å². The molecule has 0 spiro atoms. The van der Waals surface area contributed by atoms with E-state index in [1.165, 1.54) is 6.07 Å². The van der Waals surface area contributed by atoms with E-state index in [1.807, 2.05) is 25.7 Å². The van der Waals surface area contributed by atoms with Gasteiger partial charge in [0.1, 0.15) is 0 Å². The van der Waals surface area contributed by atoms with Crippen molar-refractivity contribution < 1.29 is 14.2 Å². The highest BCUT2D eigenvalue weighted by atomic mass is 19.1. The van der Waals surface area contributed by atoms with Crippen molar-refractivity contribution in [3.8, 4) is 5.75 Å². The third-order valence-corrected chi connectivity index (χ3v) is 2.75. The molecular weight excluding hydrogens is 247 g/mol. The van der Waals surface area contributed by atoms with Crippen molar-refractivity contribution in [2.45, 2.75) is 33.3 Å². The topological polar surface area (TPSA) is 58.7 Å². The van der Waals surface area contributed by atoms with E-state index < -0.39 is 5.82 Å². The Balaban J connectivity index is 3.04. The zero-order chi connectivity index (χ0) is 14.4. The van der Waals surface area contributed by atoms with Gasteiger partial charge >= 0.3 is 0 Å². The fourth-order valence-electron chi connectivity index (χ4n) is 1.89. The molecule has 4 nitrogen and oxygen atoms in total. The summed E-state index contributed by atoms with van der Waals surface area (Å²) < 4.78 is 19.2. The summed E-state index contributed by atoms with van der Waals surface area (Å²) in [6, 6.07) is 2.92. The van der Waals surface area contributed by atoms with Crippen molar-refractivity contribution in [1.82, 2.24) is 0 Å². The van der Waals surface area contributed by atoms with Crippen LogP contribution in [0, 0.1) is 5.82 Å². The van der Waals surface area contributed by atoms with Gasteiger partial charge in [-0.3, -0.25) is 0 Å². The molecule has 108 valence electrons. The lowest BCUT2D eigenvalue weighted by atomic mass is 10.2. The quantitative estimate of drug-likeness (QED) is 0.747. The summed E-state index contributed by atoms with van der Waals surface area (Å²) in [4.78, 5) is 2.00. The van der Waals surface area contributed by atoms with E-state index in [0.29, 0.717) is 18.7 Å². The van der Waals surface area contributed by atoms with E-state index >= 15 is 0 Å². The number of ether oxygens (including phenoxy) is 1. The Morgan fingerprint density at radius 2 is 2.11 bits per heavy atom. The number of benzene rings is 1. The van der Waals surface area contributed by atoms with E-state index in [1.54, 1.807) is 6.07 Å². The van der Waals surface area contributed by atoms with Gasteiger partial charge in [0.25, 0.3) is 0 Å². The Kier molecular flexibility index (Phi) is 5.89. The Morgan fingerprint density at radius 1 is 1.42 bits per heavy atom. The molecule has 0 radical (unpaired) electrons. The first-order chi connectivity index (χ1) is 8.99. The van der Waals surface area contributed by atoms with Crippen molar-refractivity contribution in [2.75, 3.05) is 30.3 Å². The molecule has 1 rings (SSSR count). The first-order valence-corrected chi connectivity index (χ1v) is 6.61. The molecule has 19 heavy (non-hydrogen) atoms. The molecule has 0 saturated heterocycles. The van der Waals surface area contributed by atoms with Crippen LogP contribution < -0.4 is 15.4 Å². The Labute approximate surface area is 114 Å². The average Bonchev–Trinajstić information content (AvgIpc) is 2.34. The molecule has 0 unspecified atom stereocenters. The lowest BCUT2D eigenvalue weighted by Gasteiger charge is -2.25. The normalized spacial score (nSPS) is 10.8. The molecule has 1 aromatic rings. The second-order valence-corrected chi connectivity index (χ2v) is 4.66. The number of anilines is 2. The van der Waals surface area contributed by atoms with Crippen LogP contribution in [0.5, 0.6) is 5.75 Å². The van der Waals surface area contributed by atoms with Crippen LogP contribution in [0.15, 0.2) is 12.1 Å². The molecule has 0 saturated carbocycles. The van der Waals surface area contributed by atoms with Gasteiger partial charge < -0.3 is 20.5 Å². The number of aliphatic hydroxyl groups excluding tert-OH is 1. The molecule has 0 aliphatic carbocycles. The van der Waals surface area contributed by atoms with Crippen LogP contribution in [0.2, 0.25) is 0 Å². The highest BCUT2D eigenvalue weighted by Gasteiger charge is 2.14. The van der Waals surface area contributed by atoms with E-state index in [-0.39, 0.29) is 18.5 Å². The van der Waals surface area contributed by atoms with E-state index in [2.05, 4.69) is 0 Å². The summed E-state index contributed by atoms with van der Waals surface area (Å²) in [7, 11) is 0. The maximum atomic E-state index is 13.7. The SMILES string of the molecule is CCN(CCCO)c1cc(OC(C)C)c(F)cc1N. The summed E-state index contributed by atoms with van der Waals surface area (Å²) in [5.74, 6) is -0.241. The van der Waals surface area contributed by atoms with Gasteiger partial charge in [-0.2, -0.15) is 0 Å². The Bertz CT molecular complexity index is 411. The van der Waals surface area contributed by atoms with E-state index in [4.69, 9.17) is 15.6 Å². The minimum Gasteiger partial charge on any atom is -0.488 e. The van der Waals surface area contributed by atoms with Crippen LogP contribution in [0.4, 0.5) is 15.8 Å². The van der Waals surface area contributed by atoms with Gasteiger partial charge in [-0.05, 0) is 27.2 Å². The maximum absolute atomic E-state index is 13.7.